The predicted molar refractivity (Wildman–Crippen MR) is 42.7 cm³/mol. The maximum absolute atomic E-state index is 2.47. The molecule has 0 aliphatic carbocycles. The maximum atomic E-state index is 2.47. The van der Waals surface area contributed by atoms with Gasteiger partial charge in [-0.3, -0.25) is 0 Å². The molecule has 0 nitrogen and oxygen atoms in total. The third kappa shape index (κ3) is 4.59. The third-order valence-electron chi connectivity index (χ3n) is 0.934. The number of alkyl halides is 1. The van der Waals surface area contributed by atoms with Crippen molar-refractivity contribution >= 4 is 22.6 Å². The Morgan fingerprint density at radius 3 is 2.43 bits per heavy atom. The fourth-order valence-corrected chi connectivity index (χ4v) is 0.931. The van der Waals surface area contributed by atoms with Gasteiger partial charge >= 0.3 is 0 Å². The molecular weight excluding hydrogens is 199 g/mol. The minimum absolute atomic E-state index is 0.864. The molecule has 0 spiro atoms. The molecule has 0 amide bonds. The zero-order chi connectivity index (χ0) is 5.70. The molecule has 1 heteroatoms. The SMILES string of the molecule is C[CH]CC(I)CC. The molecule has 0 aromatic heterocycles. The van der Waals surface area contributed by atoms with E-state index in [1.165, 1.54) is 12.8 Å². The monoisotopic (exact) mass is 211 g/mol. The lowest BCUT2D eigenvalue weighted by Gasteiger charge is -2.00. The van der Waals surface area contributed by atoms with Gasteiger partial charge in [0, 0.05) is 3.92 Å². The molecule has 0 saturated carbocycles. The van der Waals surface area contributed by atoms with Gasteiger partial charge < -0.3 is 0 Å². The van der Waals surface area contributed by atoms with Gasteiger partial charge in [-0.25, -0.2) is 0 Å². The van der Waals surface area contributed by atoms with Crippen molar-refractivity contribution in [1.29, 1.82) is 0 Å². The van der Waals surface area contributed by atoms with Crippen LogP contribution in [0, 0.1) is 6.42 Å². The molecular formula is C6H12I. The van der Waals surface area contributed by atoms with Crippen molar-refractivity contribution in [3.05, 3.63) is 6.42 Å². The average molecular weight is 211 g/mol. The van der Waals surface area contributed by atoms with E-state index in [2.05, 4.69) is 42.9 Å². The highest BCUT2D eigenvalue weighted by molar-refractivity contribution is 14.1. The van der Waals surface area contributed by atoms with Crippen molar-refractivity contribution in [2.24, 2.45) is 0 Å². The Morgan fingerprint density at radius 2 is 2.29 bits per heavy atom. The van der Waals surface area contributed by atoms with Gasteiger partial charge in [0.2, 0.25) is 0 Å². The van der Waals surface area contributed by atoms with Gasteiger partial charge in [-0.05, 0) is 19.3 Å². The van der Waals surface area contributed by atoms with Crippen LogP contribution < -0.4 is 0 Å². The fraction of sp³-hybridized carbons (Fsp3) is 0.833. The Labute approximate surface area is 59.8 Å². The summed E-state index contributed by atoms with van der Waals surface area (Å²) in [6.07, 6.45) is 4.78. The molecule has 1 atom stereocenters. The third-order valence-corrected chi connectivity index (χ3v) is 2.32. The van der Waals surface area contributed by atoms with E-state index in [1.54, 1.807) is 0 Å². The summed E-state index contributed by atoms with van der Waals surface area (Å²) in [5.74, 6) is 0. The van der Waals surface area contributed by atoms with E-state index in [0.717, 1.165) is 3.92 Å². The second-order valence-corrected chi connectivity index (χ2v) is 3.41. The van der Waals surface area contributed by atoms with Gasteiger partial charge in [0.05, 0.1) is 0 Å². The molecule has 0 bridgehead atoms. The molecule has 0 aliphatic rings. The van der Waals surface area contributed by atoms with Crippen molar-refractivity contribution in [3.63, 3.8) is 0 Å². The quantitative estimate of drug-likeness (QED) is 0.497. The van der Waals surface area contributed by atoms with E-state index in [-0.39, 0.29) is 0 Å². The average Bonchev–Trinajstić information content (AvgIpc) is 1.68. The minimum Gasteiger partial charge on any atom is -0.0826 e. The first-order chi connectivity index (χ1) is 3.31. The lowest BCUT2D eigenvalue weighted by molar-refractivity contribution is 0.832. The highest BCUT2D eigenvalue weighted by atomic mass is 127. The van der Waals surface area contributed by atoms with Crippen LogP contribution >= 0.6 is 22.6 Å². The lowest BCUT2D eigenvalue weighted by atomic mass is 10.2. The molecule has 0 saturated heterocycles. The summed E-state index contributed by atoms with van der Waals surface area (Å²) in [5.41, 5.74) is 0. The number of hydrogen-bond donors (Lipinski definition) is 0. The number of rotatable bonds is 3. The van der Waals surface area contributed by atoms with Crippen LogP contribution in [0.2, 0.25) is 0 Å². The Morgan fingerprint density at radius 1 is 1.71 bits per heavy atom. The van der Waals surface area contributed by atoms with Crippen molar-refractivity contribution in [2.75, 3.05) is 0 Å². The van der Waals surface area contributed by atoms with Crippen LogP contribution in [0.3, 0.4) is 0 Å². The Balaban J connectivity index is 2.83. The molecule has 7 heavy (non-hydrogen) atoms. The van der Waals surface area contributed by atoms with E-state index >= 15 is 0 Å². The van der Waals surface area contributed by atoms with Gasteiger partial charge in [-0.1, -0.05) is 36.4 Å². The van der Waals surface area contributed by atoms with Crippen LogP contribution in [0.1, 0.15) is 26.7 Å². The summed E-state index contributed by atoms with van der Waals surface area (Å²) >= 11 is 2.47. The smallest absolute Gasteiger partial charge is 0.0110 e. The molecule has 0 fully saturated rings. The standard InChI is InChI=1S/C6H12I/c1-3-5-6(7)4-2/h3,6H,4-5H2,1-2H3. The van der Waals surface area contributed by atoms with E-state index in [9.17, 15) is 0 Å². The van der Waals surface area contributed by atoms with Crippen molar-refractivity contribution in [1.82, 2.24) is 0 Å². The first-order valence-electron chi connectivity index (χ1n) is 2.73. The van der Waals surface area contributed by atoms with Crippen molar-refractivity contribution < 1.29 is 0 Å². The molecule has 43 valence electrons. The molecule has 1 unspecified atom stereocenters. The Bertz CT molecular complexity index is 35.2. The van der Waals surface area contributed by atoms with Crippen LogP contribution in [-0.4, -0.2) is 3.92 Å². The van der Waals surface area contributed by atoms with Gasteiger partial charge in [0.1, 0.15) is 0 Å². The Hall–Kier alpha value is 0.730. The van der Waals surface area contributed by atoms with Gasteiger partial charge in [-0.15, -0.1) is 0 Å². The van der Waals surface area contributed by atoms with Crippen molar-refractivity contribution in [3.8, 4) is 0 Å². The number of hydrogen-bond acceptors (Lipinski definition) is 0. The van der Waals surface area contributed by atoms with Crippen LogP contribution in [0.4, 0.5) is 0 Å². The van der Waals surface area contributed by atoms with E-state index < -0.39 is 0 Å². The normalized spacial score (nSPS) is 14.1. The second kappa shape index (κ2) is 4.88. The zero-order valence-electron chi connectivity index (χ0n) is 4.95. The van der Waals surface area contributed by atoms with E-state index in [0.29, 0.717) is 0 Å². The summed E-state index contributed by atoms with van der Waals surface area (Å²) in [6, 6.07) is 0. The maximum Gasteiger partial charge on any atom is 0.0110 e. The van der Waals surface area contributed by atoms with Crippen LogP contribution in [0.15, 0.2) is 0 Å². The molecule has 0 rings (SSSR count). The largest absolute Gasteiger partial charge is 0.0826 e. The molecule has 0 N–H and O–H groups in total. The molecule has 1 radical (unpaired) electrons. The van der Waals surface area contributed by atoms with Gasteiger partial charge in [-0.2, -0.15) is 0 Å². The van der Waals surface area contributed by atoms with Crippen LogP contribution in [-0.2, 0) is 0 Å². The van der Waals surface area contributed by atoms with Crippen LogP contribution in [0.5, 0.6) is 0 Å². The molecule has 0 aromatic rings. The topological polar surface area (TPSA) is 0 Å². The Kier molecular flexibility index (Phi) is 5.39. The van der Waals surface area contributed by atoms with Crippen molar-refractivity contribution in [2.45, 2.75) is 30.6 Å². The molecule has 0 aromatic carbocycles. The van der Waals surface area contributed by atoms with Gasteiger partial charge in [0.15, 0.2) is 0 Å². The minimum atomic E-state index is 0.864. The first kappa shape index (κ1) is 7.73. The summed E-state index contributed by atoms with van der Waals surface area (Å²) in [5, 5.41) is 0. The molecule has 0 heterocycles. The summed E-state index contributed by atoms with van der Waals surface area (Å²) in [7, 11) is 0. The second-order valence-electron chi connectivity index (χ2n) is 1.65. The number of halogens is 1. The highest BCUT2D eigenvalue weighted by Gasteiger charge is 1.95. The van der Waals surface area contributed by atoms with Gasteiger partial charge in [0.25, 0.3) is 0 Å². The zero-order valence-corrected chi connectivity index (χ0v) is 7.10. The predicted octanol–water partition coefficient (Wildman–Crippen LogP) is 2.81. The summed E-state index contributed by atoms with van der Waals surface area (Å²) in [6.45, 7) is 4.34. The first-order valence-corrected chi connectivity index (χ1v) is 3.97. The summed E-state index contributed by atoms with van der Waals surface area (Å²) in [4.78, 5) is 0. The summed E-state index contributed by atoms with van der Waals surface area (Å²) < 4.78 is 0.864. The molecule has 0 aliphatic heterocycles. The van der Waals surface area contributed by atoms with E-state index in [4.69, 9.17) is 0 Å². The fourth-order valence-electron chi connectivity index (χ4n) is 0.422. The van der Waals surface area contributed by atoms with E-state index in [1.807, 2.05) is 0 Å². The van der Waals surface area contributed by atoms with Crippen LogP contribution in [0.25, 0.3) is 0 Å². The highest BCUT2D eigenvalue weighted by Crippen LogP contribution is 2.10. The lowest BCUT2D eigenvalue weighted by Crippen LogP contribution is -1.91.